The van der Waals surface area contributed by atoms with Crippen LogP contribution in [-0.4, -0.2) is 36.8 Å². The summed E-state index contributed by atoms with van der Waals surface area (Å²) in [6.07, 6.45) is 0. The molecular weight excluding hydrogens is 190 g/mol. The van der Waals surface area contributed by atoms with Crippen molar-refractivity contribution in [3.8, 4) is 0 Å². The summed E-state index contributed by atoms with van der Waals surface area (Å²) in [4.78, 5) is 11.2. The molecule has 13 heavy (non-hydrogen) atoms. The van der Waals surface area contributed by atoms with E-state index in [0.29, 0.717) is 10.1 Å². The Bertz CT molecular complexity index is 228. The summed E-state index contributed by atoms with van der Waals surface area (Å²) in [7, 11) is 5.54. The summed E-state index contributed by atoms with van der Waals surface area (Å²) < 4.78 is 5.39. The van der Waals surface area contributed by atoms with Crippen LogP contribution in [0.1, 0.15) is 13.8 Å². The minimum Gasteiger partial charge on any atom is -0.392 e. The van der Waals surface area contributed by atoms with E-state index in [1.807, 2.05) is 21.1 Å². The van der Waals surface area contributed by atoms with Crippen molar-refractivity contribution in [1.29, 1.82) is 0 Å². The van der Waals surface area contributed by atoms with Crippen molar-refractivity contribution in [3.05, 3.63) is 12.2 Å². The summed E-state index contributed by atoms with van der Waals surface area (Å²) in [5, 5.41) is -1.06. The van der Waals surface area contributed by atoms with Gasteiger partial charge in [0.1, 0.15) is 0 Å². The van der Waals surface area contributed by atoms with Gasteiger partial charge in [0.05, 0.1) is 21.1 Å². The normalized spacial score (nSPS) is 16.2. The SMILES string of the molecule is C=C(C)C(=O)OC(C)(Cl)[N+](C)(C)C. The van der Waals surface area contributed by atoms with Crippen LogP contribution in [0.4, 0.5) is 0 Å². The van der Waals surface area contributed by atoms with Crippen LogP contribution in [0.2, 0.25) is 0 Å². The molecule has 0 radical (unpaired) electrons. The third-order valence-electron chi connectivity index (χ3n) is 1.83. The molecule has 1 atom stereocenters. The number of carbonyl (C=O) groups is 1. The zero-order valence-electron chi connectivity index (χ0n) is 8.85. The van der Waals surface area contributed by atoms with Gasteiger partial charge in [-0.25, -0.2) is 4.79 Å². The number of esters is 1. The predicted octanol–water partition coefficient (Wildman–Crippen LogP) is 1.72. The van der Waals surface area contributed by atoms with Gasteiger partial charge in [-0.1, -0.05) is 6.58 Å². The van der Waals surface area contributed by atoms with Gasteiger partial charge in [0.2, 0.25) is 0 Å². The molecule has 0 aromatic heterocycles. The highest BCUT2D eigenvalue weighted by Gasteiger charge is 2.40. The van der Waals surface area contributed by atoms with Gasteiger partial charge in [0, 0.05) is 12.5 Å². The second-order valence-electron chi connectivity index (χ2n) is 4.05. The number of rotatable bonds is 3. The Hall–Kier alpha value is -0.540. The summed E-state index contributed by atoms with van der Waals surface area (Å²) in [5.41, 5.74) is 0.348. The van der Waals surface area contributed by atoms with Gasteiger partial charge in [-0.3, -0.25) is 4.48 Å². The average molecular weight is 207 g/mol. The van der Waals surface area contributed by atoms with Crippen molar-refractivity contribution < 1.29 is 14.0 Å². The smallest absolute Gasteiger partial charge is 0.338 e. The van der Waals surface area contributed by atoms with Gasteiger partial charge in [-0.15, -0.1) is 0 Å². The number of hydrogen-bond donors (Lipinski definition) is 0. The van der Waals surface area contributed by atoms with Crippen molar-refractivity contribution in [2.45, 2.75) is 19.0 Å². The second kappa shape index (κ2) is 3.68. The molecule has 0 aliphatic heterocycles. The molecule has 0 bridgehead atoms. The molecule has 0 saturated carbocycles. The molecule has 0 N–H and O–H groups in total. The molecule has 0 rings (SSSR count). The number of hydrogen-bond acceptors (Lipinski definition) is 2. The van der Waals surface area contributed by atoms with Gasteiger partial charge in [0.15, 0.2) is 0 Å². The fraction of sp³-hybridized carbons (Fsp3) is 0.667. The molecule has 0 aliphatic carbocycles. The van der Waals surface area contributed by atoms with E-state index < -0.39 is 11.2 Å². The Balaban J connectivity index is 4.53. The van der Waals surface area contributed by atoms with Crippen molar-refractivity contribution >= 4 is 17.6 Å². The summed E-state index contributed by atoms with van der Waals surface area (Å²) in [6.45, 7) is 6.72. The molecule has 76 valence electrons. The van der Waals surface area contributed by atoms with Crippen LogP contribution in [0.25, 0.3) is 0 Å². The van der Waals surface area contributed by atoms with E-state index in [1.165, 1.54) is 0 Å². The maximum atomic E-state index is 11.2. The number of halogens is 1. The first-order valence-electron chi connectivity index (χ1n) is 3.97. The largest absolute Gasteiger partial charge is 0.392 e. The molecule has 0 aromatic rings. The van der Waals surface area contributed by atoms with E-state index in [2.05, 4.69) is 6.58 Å². The van der Waals surface area contributed by atoms with E-state index in [-0.39, 0.29) is 0 Å². The predicted molar refractivity (Wildman–Crippen MR) is 53.2 cm³/mol. The molecule has 0 aliphatic rings. The minimum atomic E-state index is -1.06. The summed E-state index contributed by atoms with van der Waals surface area (Å²) >= 11 is 6.04. The number of nitrogens with zero attached hydrogens (tertiary/aromatic N) is 1. The number of ether oxygens (including phenoxy) is 1. The monoisotopic (exact) mass is 206 g/mol. The molecule has 4 heteroatoms. The first-order chi connectivity index (χ1) is 5.58. The molecule has 0 heterocycles. The van der Waals surface area contributed by atoms with E-state index in [1.54, 1.807) is 13.8 Å². The van der Waals surface area contributed by atoms with Crippen LogP contribution < -0.4 is 0 Å². The fourth-order valence-corrected chi connectivity index (χ4v) is 0.463. The van der Waals surface area contributed by atoms with Crippen molar-refractivity contribution in [2.75, 3.05) is 21.1 Å². The van der Waals surface area contributed by atoms with Gasteiger partial charge >= 0.3 is 11.2 Å². The van der Waals surface area contributed by atoms with Crippen LogP contribution in [0, 0.1) is 0 Å². The highest BCUT2D eigenvalue weighted by atomic mass is 35.5. The average Bonchev–Trinajstić information content (AvgIpc) is 1.83. The van der Waals surface area contributed by atoms with Crippen LogP contribution in [0.5, 0.6) is 0 Å². The lowest BCUT2D eigenvalue weighted by Gasteiger charge is -2.37. The fourth-order valence-electron chi connectivity index (χ4n) is 0.393. The lowest BCUT2D eigenvalue weighted by atomic mass is 10.3. The highest BCUT2D eigenvalue weighted by molar-refractivity contribution is 6.22. The quantitative estimate of drug-likeness (QED) is 0.176. The summed E-state index contributed by atoms with van der Waals surface area (Å²) in [6, 6.07) is 0. The minimum absolute atomic E-state index is 0.327. The molecule has 1 unspecified atom stereocenters. The molecule has 0 aromatic carbocycles. The number of alkyl halides is 1. The van der Waals surface area contributed by atoms with Gasteiger partial charge in [-0.05, 0) is 18.5 Å². The zero-order valence-corrected chi connectivity index (χ0v) is 9.60. The maximum absolute atomic E-state index is 11.2. The third kappa shape index (κ3) is 3.36. The molecule has 0 spiro atoms. The third-order valence-corrected chi connectivity index (χ3v) is 2.41. The molecule has 3 nitrogen and oxygen atoms in total. The van der Waals surface area contributed by atoms with Crippen LogP contribution in [0.15, 0.2) is 12.2 Å². The molecular formula is C9H17ClNO2+. The van der Waals surface area contributed by atoms with Crippen LogP contribution in [0.3, 0.4) is 0 Å². The van der Waals surface area contributed by atoms with Crippen molar-refractivity contribution in [3.63, 3.8) is 0 Å². The lowest BCUT2D eigenvalue weighted by molar-refractivity contribution is -0.928. The Labute approximate surface area is 84.5 Å². The second-order valence-corrected chi connectivity index (χ2v) is 4.75. The van der Waals surface area contributed by atoms with E-state index in [4.69, 9.17) is 16.3 Å². The Morgan fingerprint density at radius 3 is 2.08 bits per heavy atom. The highest BCUT2D eigenvalue weighted by Crippen LogP contribution is 2.25. The molecule has 0 saturated heterocycles. The maximum Gasteiger partial charge on any atom is 0.338 e. The Morgan fingerprint density at radius 1 is 1.46 bits per heavy atom. The van der Waals surface area contributed by atoms with Crippen LogP contribution >= 0.6 is 11.6 Å². The Kier molecular flexibility index (Phi) is 3.53. The van der Waals surface area contributed by atoms with E-state index >= 15 is 0 Å². The lowest BCUT2D eigenvalue weighted by Crippen LogP contribution is -2.53. The van der Waals surface area contributed by atoms with Gasteiger partial charge in [-0.2, -0.15) is 0 Å². The topological polar surface area (TPSA) is 26.3 Å². The summed E-state index contributed by atoms with van der Waals surface area (Å²) in [5.74, 6) is -0.467. The number of carbonyl (C=O) groups excluding carboxylic acids is 1. The molecule has 0 amide bonds. The number of quaternary nitrogens is 1. The van der Waals surface area contributed by atoms with E-state index in [9.17, 15) is 4.79 Å². The van der Waals surface area contributed by atoms with E-state index in [0.717, 1.165) is 0 Å². The van der Waals surface area contributed by atoms with Crippen LogP contribution in [-0.2, 0) is 9.53 Å². The molecule has 0 fully saturated rings. The zero-order chi connectivity index (χ0) is 10.9. The van der Waals surface area contributed by atoms with Gasteiger partial charge < -0.3 is 4.74 Å². The Morgan fingerprint density at radius 2 is 1.85 bits per heavy atom. The standard InChI is InChI=1S/C9H17ClNO2/c1-7(2)8(12)13-9(3,10)11(4,5)6/h1H2,2-6H3/q+1. The van der Waals surface area contributed by atoms with Gasteiger partial charge in [0.25, 0.3) is 0 Å². The van der Waals surface area contributed by atoms with Crippen molar-refractivity contribution in [2.24, 2.45) is 0 Å². The first kappa shape index (κ1) is 12.5. The van der Waals surface area contributed by atoms with Crippen molar-refractivity contribution in [1.82, 2.24) is 0 Å². The first-order valence-corrected chi connectivity index (χ1v) is 4.35.